The van der Waals surface area contributed by atoms with E-state index in [0.717, 1.165) is 46.8 Å². The molecule has 1 unspecified atom stereocenters. The highest BCUT2D eigenvalue weighted by Crippen LogP contribution is 2.31. The van der Waals surface area contributed by atoms with Crippen LogP contribution in [-0.2, 0) is 17.4 Å². The standard InChI is InChI=1S/C32H30F3NO6/c1-21-27(36-30(41-21)22-8-4-3-5-9-22)18-19-40-28-17-16-26(39-2)20-23(28)10-6-7-11-29(31(37)38)42-25-14-12-24(13-15-25)32(33,34)35/h3-6,8-10,12-17,20,29H,7,11,18-19H2,1-2H3,(H,37,38)/b10-6+. The minimum absolute atomic E-state index is 0.0427. The molecule has 1 heterocycles. The Hall–Kier alpha value is -4.73. The van der Waals surface area contributed by atoms with Gasteiger partial charge in [-0.25, -0.2) is 9.78 Å². The van der Waals surface area contributed by atoms with Crippen LogP contribution in [0.3, 0.4) is 0 Å². The molecular formula is C32H30F3NO6. The number of hydrogen-bond acceptors (Lipinski definition) is 6. The number of methoxy groups -OCH3 is 1. The van der Waals surface area contributed by atoms with Gasteiger partial charge in [-0.1, -0.05) is 30.4 Å². The smallest absolute Gasteiger partial charge is 0.416 e. The number of aromatic nitrogens is 1. The van der Waals surface area contributed by atoms with Crippen molar-refractivity contribution >= 4 is 12.0 Å². The fourth-order valence-corrected chi connectivity index (χ4v) is 4.11. The van der Waals surface area contributed by atoms with Crippen LogP contribution in [0.2, 0.25) is 0 Å². The van der Waals surface area contributed by atoms with Crippen LogP contribution in [-0.4, -0.2) is 35.9 Å². The Bertz CT molecular complexity index is 1500. The Morgan fingerprint density at radius 2 is 1.76 bits per heavy atom. The van der Waals surface area contributed by atoms with Gasteiger partial charge in [0.1, 0.15) is 23.0 Å². The Morgan fingerprint density at radius 1 is 1.05 bits per heavy atom. The number of benzene rings is 3. The molecule has 220 valence electrons. The van der Waals surface area contributed by atoms with Gasteiger partial charge < -0.3 is 23.7 Å². The van der Waals surface area contributed by atoms with Gasteiger partial charge in [0.15, 0.2) is 6.10 Å². The maximum Gasteiger partial charge on any atom is 0.416 e. The molecule has 7 nitrogen and oxygen atoms in total. The van der Waals surface area contributed by atoms with Gasteiger partial charge in [0, 0.05) is 17.5 Å². The van der Waals surface area contributed by atoms with E-state index in [2.05, 4.69) is 4.98 Å². The first-order chi connectivity index (χ1) is 20.1. The lowest BCUT2D eigenvalue weighted by molar-refractivity contribution is -0.145. The summed E-state index contributed by atoms with van der Waals surface area (Å²) in [4.78, 5) is 16.3. The van der Waals surface area contributed by atoms with Crippen molar-refractivity contribution in [3.05, 3.63) is 101 Å². The van der Waals surface area contributed by atoms with Crippen molar-refractivity contribution in [1.82, 2.24) is 4.98 Å². The molecule has 0 radical (unpaired) electrons. The highest BCUT2D eigenvalue weighted by molar-refractivity contribution is 5.72. The zero-order valence-corrected chi connectivity index (χ0v) is 23.1. The van der Waals surface area contributed by atoms with Crippen LogP contribution in [0.15, 0.2) is 83.3 Å². The number of alkyl halides is 3. The van der Waals surface area contributed by atoms with Crippen LogP contribution in [0.25, 0.3) is 17.5 Å². The molecule has 0 aliphatic carbocycles. The second-order valence-electron chi connectivity index (χ2n) is 9.34. The average molecular weight is 582 g/mol. The van der Waals surface area contributed by atoms with Crippen LogP contribution in [0.1, 0.15) is 35.4 Å². The zero-order chi connectivity index (χ0) is 30.1. The monoisotopic (exact) mass is 581 g/mol. The first-order valence-electron chi connectivity index (χ1n) is 13.2. The number of aryl methyl sites for hydroxylation is 1. The lowest BCUT2D eigenvalue weighted by Gasteiger charge is -2.15. The molecule has 1 N–H and O–H groups in total. The molecule has 0 aliphatic heterocycles. The summed E-state index contributed by atoms with van der Waals surface area (Å²) in [6, 6.07) is 18.9. The molecule has 4 aromatic rings. The number of rotatable bonds is 13. The second-order valence-corrected chi connectivity index (χ2v) is 9.34. The van der Waals surface area contributed by atoms with Gasteiger partial charge in [-0.2, -0.15) is 13.2 Å². The van der Waals surface area contributed by atoms with E-state index in [9.17, 15) is 23.1 Å². The van der Waals surface area contributed by atoms with Gasteiger partial charge in [0.25, 0.3) is 0 Å². The number of carboxylic acids is 1. The fourth-order valence-electron chi connectivity index (χ4n) is 4.11. The fraction of sp³-hybridized carbons (Fsp3) is 0.250. The van der Waals surface area contributed by atoms with E-state index in [1.807, 2.05) is 37.3 Å². The number of carboxylic acid groups (broad SMARTS) is 1. The topological polar surface area (TPSA) is 91.0 Å². The van der Waals surface area contributed by atoms with Crippen molar-refractivity contribution in [2.24, 2.45) is 0 Å². The van der Waals surface area contributed by atoms with Crippen molar-refractivity contribution < 1.29 is 41.7 Å². The number of halogens is 3. The van der Waals surface area contributed by atoms with Crippen molar-refractivity contribution in [1.29, 1.82) is 0 Å². The highest BCUT2D eigenvalue weighted by atomic mass is 19.4. The third-order valence-corrected chi connectivity index (χ3v) is 6.36. The largest absolute Gasteiger partial charge is 0.497 e. The van der Waals surface area contributed by atoms with Gasteiger partial charge in [-0.15, -0.1) is 0 Å². The molecule has 0 amide bonds. The quantitative estimate of drug-likeness (QED) is 0.174. The Kier molecular flexibility index (Phi) is 9.90. The molecule has 1 atom stereocenters. The summed E-state index contributed by atoms with van der Waals surface area (Å²) in [6.45, 7) is 2.21. The number of ether oxygens (including phenoxy) is 3. The van der Waals surface area contributed by atoms with E-state index < -0.39 is 23.8 Å². The van der Waals surface area contributed by atoms with Gasteiger partial charge in [0.2, 0.25) is 5.89 Å². The van der Waals surface area contributed by atoms with Crippen molar-refractivity contribution in [2.45, 2.75) is 38.5 Å². The van der Waals surface area contributed by atoms with Crippen molar-refractivity contribution in [3.63, 3.8) is 0 Å². The molecule has 3 aromatic carbocycles. The van der Waals surface area contributed by atoms with E-state index in [1.165, 1.54) is 0 Å². The van der Waals surface area contributed by atoms with Gasteiger partial charge in [0.05, 0.1) is 25.0 Å². The lowest BCUT2D eigenvalue weighted by atomic mass is 10.1. The zero-order valence-electron chi connectivity index (χ0n) is 23.1. The summed E-state index contributed by atoms with van der Waals surface area (Å²) in [5, 5.41) is 9.55. The first kappa shape index (κ1) is 30.2. The summed E-state index contributed by atoms with van der Waals surface area (Å²) < 4.78 is 61.0. The molecule has 4 rings (SSSR count). The van der Waals surface area contributed by atoms with E-state index in [-0.39, 0.29) is 12.2 Å². The summed E-state index contributed by atoms with van der Waals surface area (Å²) in [5.74, 6) is 1.33. The van der Waals surface area contributed by atoms with Crippen LogP contribution in [0.5, 0.6) is 17.2 Å². The van der Waals surface area contributed by atoms with E-state index in [4.69, 9.17) is 18.6 Å². The second kappa shape index (κ2) is 13.8. The maximum absolute atomic E-state index is 12.8. The number of nitrogens with zero attached hydrogens (tertiary/aromatic N) is 1. The van der Waals surface area contributed by atoms with E-state index >= 15 is 0 Å². The number of carbonyl (C=O) groups is 1. The molecule has 0 saturated heterocycles. The number of aliphatic carboxylic acids is 1. The molecule has 42 heavy (non-hydrogen) atoms. The molecule has 0 spiro atoms. The normalized spacial score (nSPS) is 12.3. The van der Waals surface area contributed by atoms with E-state index in [1.54, 1.807) is 37.5 Å². The molecule has 0 fully saturated rings. The van der Waals surface area contributed by atoms with Crippen molar-refractivity contribution in [2.75, 3.05) is 13.7 Å². The summed E-state index contributed by atoms with van der Waals surface area (Å²) in [7, 11) is 1.55. The summed E-state index contributed by atoms with van der Waals surface area (Å²) in [6.07, 6.45) is -1.20. The molecular weight excluding hydrogens is 551 g/mol. The van der Waals surface area contributed by atoms with Crippen LogP contribution >= 0.6 is 0 Å². The SMILES string of the molecule is COc1ccc(OCCc2nc(-c3ccccc3)oc2C)c(/C=C/CCC(Oc2ccc(C(F)(F)F)cc2)C(=O)O)c1. The first-order valence-corrected chi connectivity index (χ1v) is 13.2. The van der Waals surface area contributed by atoms with Crippen LogP contribution in [0.4, 0.5) is 13.2 Å². The predicted molar refractivity (Wildman–Crippen MR) is 151 cm³/mol. The summed E-state index contributed by atoms with van der Waals surface area (Å²) >= 11 is 0. The Morgan fingerprint density at radius 3 is 2.43 bits per heavy atom. The molecule has 0 bridgehead atoms. The van der Waals surface area contributed by atoms with Gasteiger partial charge in [-0.05, 0) is 74.4 Å². The van der Waals surface area contributed by atoms with E-state index in [0.29, 0.717) is 36.8 Å². The minimum atomic E-state index is -4.49. The highest BCUT2D eigenvalue weighted by Gasteiger charge is 2.30. The lowest BCUT2D eigenvalue weighted by Crippen LogP contribution is -2.26. The Balaban J connectivity index is 1.36. The average Bonchev–Trinajstić information content (AvgIpc) is 3.35. The third-order valence-electron chi connectivity index (χ3n) is 6.36. The molecule has 1 aromatic heterocycles. The summed E-state index contributed by atoms with van der Waals surface area (Å²) in [5.41, 5.74) is 1.58. The Labute approximate surface area is 241 Å². The van der Waals surface area contributed by atoms with Gasteiger partial charge in [-0.3, -0.25) is 0 Å². The minimum Gasteiger partial charge on any atom is -0.497 e. The molecule has 10 heteroatoms. The van der Waals surface area contributed by atoms with Crippen LogP contribution in [0, 0.1) is 6.92 Å². The van der Waals surface area contributed by atoms with Crippen LogP contribution < -0.4 is 14.2 Å². The third kappa shape index (κ3) is 8.15. The molecule has 0 aliphatic rings. The van der Waals surface area contributed by atoms with Crippen molar-refractivity contribution in [3.8, 4) is 28.7 Å². The number of oxazole rings is 1. The van der Waals surface area contributed by atoms with Gasteiger partial charge >= 0.3 is 12.1 Å². The maximum atomic E-state index is 12.8. The predicted octanol–water partition coefficient (Wildman–Crippen LogP) is 7.62. The number of allylic oxidation sites excluding steroid dienone is 1. The number of hydrogen-bond donors (Lipinski definition) is 1. The molecule has 0 saturated carbocycles.